The van der Waals surface area contributed by atoms with Gasteiger partial charge in [-0.1, -0.05) is 12.1 Å². The molecule has 0 spiro atoms. The minimum absolute atomic E-state index is 0. The standard InChI is InChI=1S/C25H42N4O2.HI/c1-4-26-25(27-16-7-8-21-10-12-22(13-11-21)28(2)3)29-17-14-23(15-18-29)31-20-24-9-5-6-19-30-24;/h10-13,23-24H,4-9,14-20H2,1-3H3,(H,26,27);1H. The Kier molecular flexibility index (Phi) is 12.7. The van der Waals surface area contributed by atoms with E-state index in [2.05, 4.69) is 60.4 Å². The highest BCUT2D eigenvalue weighted by Gasteiger charge is 2.23. The van der Waals surface area contributed by atoms with Crippen molar-refractivity contribution >= 4 is 35.6 Å². The fourth-order valence-electron chi connectivity index (χ4n) is 4.27. The average Bonchev–Trinajstić information content (AvgIpc) is 2.81. The summed E-state index contributed by atoms with van der Waals surface area (Å²) >= 11 is 0. The predicted molar refractivity (Wildman–Crippen MR) is 145 cm³/mol. The summed E-state index contributed by atoms with van der Waals surface area (Å²) in [6, 6.07) is 8.84. The molecule has 2 fully saturated rings. The molecule has 0 aromatic heterocycles. The molecule has 1 atom stereocenters. The predicted octanol–water partition coefficient (Wildman–Crippen LogP) is 4.32. The second-order valence-electron chi connectivity index (χ2n) is 8.91. The van der Waals surface area contributed by atoms with E-state index in [1.165, 1.54) is 24.1 Å². The Morgan fingerprint density at radius 3 is 2.53 bits per heavy atom. The van der Waals surface area contributed by atoms with Gasteiger partial charge in [0.2, 0.25) is 0 Å². The van der Waals surface area contributed by atoms with E-state index in [9.17, 15) is 0 Å². The van der Waals surface area contributed by atoms with E-state index in [1.54, 1.807) is 0 Å². The Labute approximate surface area is 212 Å². The van der Waals surface area contributed by atoms with Gasteiger partial charge in [0.15, 0.2) is 5.96 Å². The molecule has 1 unspecified atom stereocenters. The highest BCUT2D eigenvalue weighted by Crippen LogP contribution is 2.18. The Bertz CT molecular complexity index is 654. The topological polar surface area (TPSA) is 49.3 Å². The lowest BCUT2D eigenvalue weighted by molar-refractivity contribution is -0.0721. The minimum atomic E-state index is 0. The number of hydrogen-bond donors (Lipinski definition) is 1. The average molecular weight is 559 g/mol. The van der Waals surface area contributed by atoms with Crippen molar-refractivity contribution in [2.24, 2.45) is 4.99 Å². The van der Waals surface area contributed by atoms with Crippen molar-refractivity contribution in [1.82, 2.24) is 10.2 Å². The van der Waals surface area contributed by atoms with Crippen LogP contribution in [-0.4, -0.2) is 76.6 Å². The lowest BCUT2D eigenvalue weighted by Crippen LogP contribution is -2.47. The van der Waals surface area contributed by atoms with Crippen LogP contribution in [0.1, 0.15) is 51.0 Å². The molecule has 2 heterocycles. The van der Waals surface area contributed by atoms with Crippen LogP contribution in [0.25, 0.3) is 0 Å². The van der Waals surface area contributed by atoms with E-state index in [-0.39, 0.29) is 24.0 Å². The van der Waals surface area contributed by atoms with Gasteiger partial charge in [0.1, 0.15) is 0 Å². The number of piperidine rings is 1. The molecule has 6 nitrogen and oxygen atoms in total. The maximum atomic E-state index is 6.17. The highest BCUT2D eigenvalue weighted by atomic mass is 127. The van der Waals surface area contributed by atoms with Gasteiger partial charge in [-0.25, -0.2) is 0 Å². The molecule has 0 saturated carbocycles. The summed E-state index contributed by atoms with van der Waals surface area (Å²) in [5.74, 6) is 1.06. The molecule has 32 heavy (non-hydrogen) atoms. The number of halogens is 1. The summed E-state index contributed by atoms with van der Waals surface area (Å²) in [5, 5.41) is 3.48. The van der Waals surface area contributed by atoms with Gasteiger partial charge in [-0.2, -0.15) is 0 Å². The van der Waals surface area contributed by atoms with E-state index < -0.39 is 0 Å². The summed E-state index contributed by atoms with van der Waals surface area (Å²) in [6.07, 6.45) is 8.55. The quantitative estimate of drug-likeness (QED) is 0.212. The van der Waals surface area contributed by atoms with Crippen molar-refractivity contribution in [1.29, 1.82) is 0 Å². The molecule has 0 radical (unpaired) electrons. The van der Waals surface area contributed by atoms with Crippen molar-refractivity contribution < 1.29 is 9.47 Å². The Hall–Kier alpha value is -1.06. The van der Waals surface area contributed by atoms with Gasteiger partial charge in [0.05, 0.1) is 18.8 Å². The molecule has 7 heteroatoms. The van der Waals surface area contributed by atoms with Gasteiger partial charge in [-0.05, 0) is 69.6 Å². The molecule has 1 aromatic rings. The normalized spacial score (nSPS) is 20.0. The highest BCUT2D eigenvalue weighted by molar-refractivity contribution is 14.0. The number of rotatable bonds is 9. The fraction of sp³-hybridized carbons (Fsp3) is 0.720. The summed E-state index contributed by atoms with van der Waals surface area (Å²) in [4.78, 5) is 9.43. The third kappa shape index (κ3) is 9.06. The molecule has 1 N–H and O–H groups in total. The molecule has 182 valence electrons. The lowest BCUT2D eigenvalue weighted by Gasteiger charge is -2.35. The van der Waals surface area contributed by atoms with Crippen LogP contribution in [0.5, 0.6) is 0 Å². The van der Waals surface area contributed by atoms with Crippen LogP contribution < -0.4 is 10.2 Å². The molecular weight excluding hydrogens is 515 g/mol. The van der Waals surface area contributed by atoms with Crippen LogP contribution in [0.4, 0.5) is 5.69 Å². The maximum Gasteiger partial charge on any atom is 0.193 e. The van der Waals surface area contributed by atoms with Crippen molar-refractivity contribution in [2.45, 2.75) is 64.1 Å². The second-order valence-corrected chi connectivity index (χ2v) is 8.91. The van der Waals surface area contributed by atoms with E-state index in [0.29, 0.717) is 12.2 Å². The van der Waals surface area contributed by atoms with E-state index in [1.807, 2.05) is 0 Å². The zero-order chi connectivity index (χ0) is 21.9. The van der Waals surface area contributed by atoms with Gasteiger partial charge in [-0.15, -0.1) is 24.0 Å². The fourth-order valence-corrected chi connectivity index (χ4v) is 4.27. The first-order valence-electron chi connectivity index (χ1n) is 12.2. The third-order valence-electron chi connectivity index (χ3n) is 6.21. The van der Waals surface area contributed by atoms with Gasteiger partial charge in [0.25, 0.3) is 0 Å². The molecule has 2 aliphatic heterocycles. The zero-order valence-electron chi connectivity index (χ0n) is 20.2. The molecule has 3 rings (SSSR count). The molecule has 1 aromatic carbocycles. The van der Waals surface area contributed by atoms with Crippen LogP contribution in [0, 0.1) is 0 Å². The van der Waals surface area contributed by atoms with Crippen LogP contribution in [-0.2, 0) is 15.9 Å². The van der Waals surface area contributed by atoms with Gasteiger partial charge >= 0.3 is 0 Å². The van der Waals surface area contributed by atoms with Crippen molar-refractivity contribution in [2.75, 3.05) is 58.4 Å². The molecule has 2 saturated heterocycles. The van der Waals surface area contributed by atoms with Crippen molar-refractivity contribution in [3.05, 3.63) is 29.8 Å². The summed E-state index contributed by atoms with van der Waals surface area (Å²) < 4.78 is 12.0. The van der Waals surface area contributed by atoms with Crippen molar-refractivity contribution in [3.8, 4) is 0 Å². The monoisotopic (exact) mass is 558 g/mol. The maximum absolute atomic E-state index is 6.17. The Morgan fingerprint density at radius 1 is 1.16 bits per heavy atom. The number of likely N-dealkylation sites (tertiary alicyclic amines) is 1. The van der Waals surface area contributed by atoms with Crippen molar-refractivity contribution in [3.63, 3.8) is 0 Å². The molecular formula is C25H43IN4O2. The van der Waals surface area contributed by atoms with Crippen LogP contribution in [0.2, 0.25) is 0 Å². The molecule has 0 amide bonds. The first kappa shape index (κ1) is 27.2. The minimum Gasteiger partial charge on any atom is -0.378 e. The number of anilines is 1. The number of nitrogens with zero attached hydrogens (tertiary/aromatic N) is 3. The number of hydrogen-bond acceptors (Lipinski definition) is 4. The first-order valence-corrected chi connectivity index (χ1v) is 12.2. The number of guanidine groups is 1. The number of nitrogens with one attached hydrogen (secondary N) is 1. The van der Waals surface area contributed by atoms with Crippen LogP contribution >= 0.6 is 24.0 Å². The number of aryl methyl sites for hydroxylation is 1. The number of ether oxygens (including phenoxy) is 2. The lowest BCUT2D eigenvalue weighted by atomic mass is 10.1. The smallest absolute Gasteiger partial charge is 0.193 e. The van der Waals surface area contributed by atoms with E-state index in [4.69, 9.17) is 14.5 Å². The molecule has 2 aliphatic rings. The molecule has 0 aliphatic carbocycles. The SMILES string of the molecule is CCNC(=NCCCc1ccc(N(C)C)cc1)N1CCC(OCC2CCCCO2)CC1.I. The van der Waals surface area contributed by atoms with Gasteiger partial charge < -0.3 is 24.6 Å². The Morgan fingerprint density at radius 2 is 1.91 bits per heavy atom. The second kappa shape index (κ2) is 15.0. The third-order valence-corrected chi connectivity index (χ3v) is 6.21. The number of benzene rings is 1. The van der Waals surface area contributed by atoms with Crippen LogP contribution in [0.15, 0.2) is 29.3 Å². The first-order chi connectivity index (χ1) is 15.2. The largest absolute Gasteiger partial charge is 0.378 e. The summed E-state index contributed by atoms with van der Waals surface area (Å²) in [7, 11) is 4.15. The summed E-state index contributed by atoms with van der Waals surface area (Å²) in [6.45, 7) is 7.57. The molecule has 0 bridgehead atoms. The van der Waals surface area contributed by atoms with Crippen LogP contribution in [0.3, 0.4) is 0 Å². The Balaban J connectivity index is 0.00000363. The zero-order valence-corrected chi connectivity index (χ0v) is 22.6. The number of aliphatic imine (C=N–C) groups is 1. The van der Waals surface area contributed by atoms with Gasteiger partial charge in [-0.3, -0.25) is 4.99 Å². The summed E-state index contributed by atoms with van der Waals surface area (Å²) in [5.41, 5.74) is 2.63. The van der Waals surface area contributed by atoms with E-state index >= 15 is 0 Å². The van der Waals surface area contributed by atoms with Gasteiger partial charge in [0, 0.05) is 52.6 Å². The van der Waals surface area contributed by atoms with E-state index in [0.717, 1.165) is 77.5 Å².